The molecule has 1 N–H and O–H groups in total. The molecule has 196 valence electrons. The molecule has 0 atom stereocenters. The summed E-state index contributed by atoms with van der Waals surface area (Å²) < 4.78 is 13.5. The molecule has 38 heavy (non-hydrogen) atoms. The second-order valence-electron chi connectivity index (χ2n) is 8.27. The number of esters is 1. The Hall–Kier alpha value is -3.97. The third kappa shape index (κ3) is 5.07. The maximum Gasteiger partial charge on any atom is 0.358 e. The predicted molar refractivity (Wildman–Crippen MR) is 140 cm³/mol. The molecule has 1 saturated heterocycles. The van der Waals surface area contributed by atoms with Crippen LogP contribution in [0, 0.1) is 0 Å². The number of nitrogens with zero attached hydrogens (tertiary/aromatic N) is 7. The standard InChI is InChI=1S/C24H22Cl2N8O4/c1-37-20-10-32(13-31-12-28-34(14-31)19-4-3-7-27-23(19)24(36)38-2)22(35)9-17(20)16-8-15(25)5-6-18(16)33-11-21(26)29-30-33/h3-11,28H,12-14H2,1-2H3. The Morgan fingerprint density at radius 2 is 1.95 bits per heavy atom. The van der Waals surface area contributed by atoms with Crippen LogP contribution in [0.15, 0.2) is 59.8 Å². The topological polar surface area (TPSA) is 120 Å². The maximum absolute atomic E-state index is 13.2. The highest BCUT2D eigenvalue weighted by Gasteiger charge is 2.26. The normalized spacial score (nSPS) is 13.6. The fourth-order valence-corrected chi connectivity index (χ4v) is 4.44. The van der Waals surface area contributed by atoms with Crippen molar-refractivity contribution in [2.75, 3.05) is 32.6 Å². The molecule has 1 aromatic carbocycles. The average molecular weight is 557 g/mol. The summed E-state index contributed by atoms with van der Waals surface area (Å²) >= 11 is 12.3. The molecule has 0 amide bonds. The summed E-state index contributed by atoms with van der Waals surface area (Å²) in [6.45, 7) is 1.07. The van der Waals surface area contributed by atoms with Gasteiger partial charge in [0.15, 0.2) is 10.8 Å². The molecule has 0 aliphatic carbocycles. The predicted octanol–water partition coefficient (Wildman–Crippen LogP) is 2.79. The summed E-state index contributed by atoms with van der Waals surface area (Å²) in [6.07, 6.45) is 4.73. The number of carbonyl (C=O) groups excluding carboxylic acids is 1. The van der Waals surface area contributed by atoms with Gasteiger partial charge in [-0.15, -0.1) is 5.10 Å². The number of hydrazine groups is 1. The lowest BCUT2D eigenvalue weighted by Crippen LogP contribution is -2.33. The highest BCUT2D eigenvalue weighted by Crippen LogP contribution is 2.35. The zero-order chi connectivity index (χ0) is 26.8. The summed E-state index contributed by atoms with van der Waals surface area (Å²) in [7, 11) is 2.83. The van der Waals surface area contributed by atoms with Crippen molar-refractivity contribution >= 4 is 34.9 Å². The van der Waals surface area contributed by atoms with Gasteiger partial charge in [-0.2, -0.15) is 0 Å². The smallest absolute Gasteiger partial charge is 0.358 e. The molecule has 0 bridgehead atoms. The Labute approximate surface area is 226 Å². The summed E-state index contributed by atoms with van der Waals surface area (Å²) in [4.78, 5) is 31.5. The van der Waals surface area contributed by atoms with E-state index in [1.807, 2.05) is 4.90 Å². The van der Waals surface area contributed by atoms with Crippen molar-refractivity contribution in [2.24, 2.45) is 0 Å². The molecule has 0 unspecified atom stereocenters. The minimum absolute atomic E-state index is 0.193. The molecule has 0 saturated carbocycles. The van der Waals surface area contributed by atoms with Gasteiger partial charge in [0.2, 0.25) is 0 Å². The SMILES string of the molecule is COC(=O)c1ncccc1N1CN(Cn2cc(OC)c(-c3cc(Cl)ccc3-n3cc(Cl)nn3)cc2=O)CN1. The number of aromatic nitrogens is 5. The van der Waals surface area contributed by atoms with Gasteiger partial charge in [-0.3, -0.25) is 19.3 Å². The molecular formula is C24H22Cl2N8O4. The van der Waals surface area contributed by atoms with Crippen LogP contribution in [0.2, 0.25) is 10.2 Å². The van der Waals surface area contributed by atoms with Crippen molar-refractivity contribution in [1.82, 2.24) is 34.9 Å². The number of hydrogen-bond donors (Lipinski definition) is 1. The van der Waals surface area contributed by atoms with Gasteiger partial charge in [0.25, 0.3) is 5.56 Å². The fourth-order valence-electron chi connectivity index (χ4n) is 4.15. The van der Waals surface area contributed by atoms with E-state index in [-0.39, 0.29) is 23.1 Å². The fraction of sp³-hybridized carbons (Fsp3) is 0.208. The lowest BCUT2D eigenvalue weighted by Gasteiger charge is -2.21. The molecule has 1 aliphatic rings. The van der Waals surface area contributed by atoms with E-state index in [9.17, 15) is 9.59 Å². The van der Waals surface area contributed by atoms with Crippen LogP contribution in [0.4, 0.5) is 5.69 Å². The van der Waals surface area contributed by atoms with Crippen LogP contribution in [0.5, 0.6) is 5.75 Å². The number of pyridine rings is 2. The second kappa shape index (κ2) is 10.8. The minimum Gasteiger partial charge on any atom is -0.495 e. The van der Waals surface area contributed by atoms with E-state index in [2.05, 4.69) is 20.7 Å². The number of hydrogen-bond acceptors (Lipinski definition) is 10. The number of benzene rings is 1. The first-order valence-electron chi connectivity index (χ1n) is 11.3. The van der Waals surface area contributed by atoms with Gasteiger partial charge in [0, 0.05) is 28.4 Å². The highest BCUT2D eigenvalue weighted by atomic mass is 35.5. The van der Waals surface area contributed by atoms with Gasteiger partial charge in [0.05, 0.1) is 58.0 Å². The van der Waals surface area contributed by atoms with Crippen molar-refractivity contribution < 1.29 is 14.3 Å². The zero-order valence-corrected chi connectivity index (χ0v) is 21.8. The monoisotopic (exact) mass is 556 g/mol. The summed E-state index contributed by atoms with van der Waals surface area (Å²) in [5, 5.41) is 10.4. The van der Waals surface area contributed by atoms with Crippen molar-refractivity contribution in [1.29, 1.82) is 0 Å². The Bertz CT molecular complexity index is 1560. The molecule has 0 spiro atoms. The van der Waals surface area contributed by atoms with Gasteiger partial charge >= 0.3 is 5.97 Å². The summed E-state index contributed by atoms with van der Waals surface area (Å²) in [5.74, 6) is -0.0745. The van der Waals surface area contributed by atoms with Crippen molar-refractivity contribution in [2.45, 2.75) is 6.67 Å². The van der Waals surface area contributed by atoms with E-state index in [1.165, 1.54) is 35.7 Å². The van der Waals surface area contributed by atoms with E-state index < -0.39 is 5.97 Å². The van der Waals surface area contributed by atoms with Crippen LogP contribution >= 0.6 is 23.2 Å². The lowest BCUT2D eigenvalue weighted by molar-refractivity contribution is 0.0594. The zero-order valence-electron chi connectivity index (χ0n) is 20.3. The molecule has 5 rings (SSSR count). The number of ether oxygens (including phenoxy) is 2. The molecule has 4 aromatic rings. The first-order chi connectivity index (χ1) is 18.4. The first-order valence-corrected chi connectivity index (χ1v) is 12.1. The molecule has 1 aliphatic heterocycles. The Kier molecular flexibility index (Phi) is 7.29. The summed E-state index contributed by atoms with van der Waals surface area (Å²) in [5.41, 5.74) is 5.51. The van der Waals surface area contributed by atoms with Gasteiger partial charge in [-0.25, -0.2) is 19.9 Å². The van der Waals surface area contributed by atoms with Gasteiger partial charge < -0.3 is 9.47 Å². The molecular weight excluding hydrogens is 535 g/mol. The number of rotatable bonds is 7. The molecule has 1 fully saturated rings. The van der Waals surface area contributed by atoms with Crippen LogP contribution < -0.4 is 20.7 Å². The molecule has 3 aromatic heterocycles. The van der Waals surface area contributed by atoms with Gasteiger partial charge in [-0.05, 0) is 30.3 Å². The molecule has 14 heteroatoms. The van der Waals surface area contributed by atoms with E-state index in [1.54, 1.807) is 47.7 Å². The van der Waals surface area contributed by atoms with Gasteiger partial charge in [0.1, 0.15) is 5.75 Å². The van der Waals surface area contributed by atoms with Crippen LogP contribution in [-0.4, -0.2) is 63.0 Å². The van der Waals surface area contributed by atoms with E-state index in [4.69, 9.17) is 32.7 Å². The first kappa shape index (κ1) is 25.7. The Morgan fingerprint density at radius 1 is 1.11 bits per heavy atom. The van der Waals surface area contributed by atoms with Crippen LogP contribution in [0.25, 0.3) is 16.8 Å². The third-order valence-electron chi connectivity index (χ3n) is 5.91. The largest absolute Gasteiger partial charge is 0.495 e. The van der Waals surface area contributed by atoms with E-state index in [0.29, 0.717) is 46.6 Å². The van der Waals surface area contributed by atoms with E-state index >= 15 is 0 Å². The van der Waals surface area contributed by atoms with Crippen LogP contribution in [0.3, 0.4) is 0 Å². The minimum atomic E-state index is -0.536. The number of halogens is 2. The number of nitrogens with one attached hydrogen (secondary N) is 1. The van der Waals surface area contributed by atoms with Crippen LogP contribution in [-0.2, 0) is 11.4 Å². The van der Waals surface area contributed by atoms with Crippen molar-refractivity contribution in [3.8, 4) is 22.6 Å². The number of carbonyl (C=O) groups is 1. The summed E-state index contributed by atoms with van der Waals surface area (Å²) in [6, 6.07) is 10.2. The molecule has 4 heterocycles. The second-order valence-corrected chi connectivity index (χ2v) is 9.10. The lowest BCUT2D eigenvalue weighted by atomic mass is 10.0. The van der Waals surface area contributed by atoms with Crippen LogP contribution in [0.1, 0.15) is 10.5 Å². The number of methoxy groups -OCH3 is 2. The van der Waals surface area contributed by atoms with Crippen molar-refractivity contribution in [3.05, 3.63) is 81.2 Å². The molecule has 12 nitrogen and oxygen atoms in total. The Balaban J connectivity index is 1.43. The van der Waals surface area contributed by atoms with E-state index in [0.717, 1.165) is 0 Å². The van der Waals surface area contributed by atoms with Gasteiger partial charge in [-0.1, -0.05) is 28.4 Å². The third-order valence-corrected chi connectivity index (χ3v) is 6.31. The quantitative estimate of drug-likeness (QED) is 0.340. The Morgan fingerprint density at radius 3 is 2.68 bits per heavy atom. The van der Waals surface area contributed by atoms with Crippen molar-refractivity contribution in [3.63, 3.8) is 0 Å². The maximum atomic E-state index is 13.2. The molecule has 0 radical (unpaired) electrons. The highest BCUT2D eigenvalue weighted by molar-refractivity contribution is 6.31. The average Bonchev–Trinajstić information content (AvgIpc) is 3.58. The number of anilines is 1.